The summed E-state index contributed by atoms with van der Waals surface area (Å²) in [5, 5.41) is 7.81. The fourth-order valence-electron chi connectivity index (χ4n) is 1.02. The van der Waals surface area contributed by atoms with Crippen LogP contribution in [0.15, 0.2) is 30.5 Å². The summed E-state index contributed by atoms with van der Waals surface area (Å²) >= 11 is 0. The van der Waals surface area contributed by atoms with Crippen molar-refractivity contribution in [2.24, 2.45) is 0 Å². The quantitative estimate of drug-likeness (QED) is 0.611. The summed E-state index contributed by atoms with van der Waals surface area (Å²) in [6.07, 6.45) is 1.80. The number of aromatic nitrogens is 1. The first-order valence-electron chi connectivity index (χ1n) is 3.58. The number of fused-ring (bicyclic) bond motifs is 1. The summed E-state index contributed by atoms with van der Waals surface area (Å²) in [6, 6.07) is 6.52. The lowest BCUT2D eigenvalue weighted by Crippen LogP contribution is -1.70. The Bertz CT molecular complexity index is 397. The SMILES string of the molecule is Fc1ccc2[nH]ccc2c1.O=CO. The van der Waals surface area contributed by atoms with Crippen LogP contribution < -0.4 is 0 Å². The van der Waals surface area contributed by atoms with Crippen molar-refractivity contribution >= 4 is 17.4 Å². The summed E-state index contributed by atoms with van der Waals surface area (Å²) in [7, 11) is 0. The fraction of sp³-hybridized carbons (Fsp3) is 0. The zero-order chi connectivity index (χ0) is 9.68. The normalized spacial score (nSPS) is 9.00. The van der Waals surface area contributed by atoms with Gasteiger partial charge in [0.15, 0.2) is 0 Å². The lowest BCUT2D eigenvalue weighted by molar-refractivity contribution is -0.122. The Labute approximate surface area is 73.8 Å². The van der Waals surface area contributed by atoms with Crippen molar-refractivity contribution < 1.29 is 14.3 Å². The molecule has 1 aromatic heterocycles. The van der Waals surface area contributed by atoms with Crippen LogP contribution in [0.5, 0.6) is 0 Å². The predicted octanol–water partition coefficient (Wildman–Crippen LogP) is 2.01. The molecule has 0 aliphatic rings. The maximum Gasteiger partial charge on any atom is 0.290 e. The number of carbonyl (C=O) groups is 1. The number of hydrogen-bond acceptors (Lipinski definition) is 1. The number of rotatable bonds is 0. The van der Waals surface area contributed by atoms with E-state index in [2.05, 4.69) is 4.98 Å². The molecule has 4 heteroatoms. The average molecular weight is 181 g/mol. The van der Waals surface area contributed by atoms with Crippen LogP contribution in [0, 0.1) is 5.82 Å². The van der Waals surface area contributed by atoms with Crippen molar-refractivity contribution in [1.29, 1.82) is 0 Å². The number of aromatic amines is 1. The Balaban J connectivity index is 0.000000251. The highest BCUT2D eigenvalue weighted by atomic mass is 19.1. The largest absolute Gasteiger partial charge is 0.483 e. The van der Waals surface area contributed by atoms with Crippen molar-refractivity contribution in [2.45, 2.75) is 0 Å². The average Bonchev–Trinajstić information content (AvgIpc) is 2.52. The van der Waals surface area contributed by atoms with Gasteiger partial charge in [-0.15, -0.1) is 0 Å². The molecule has 13 heavy (non-hydrogen) atoms. The van der Waals surface area contributed by atoms with Gasteiger partial charge in [0.1, 0.15) is 5.82 Å². The van der Waals surface area contributed by atoms with Crippen molar-refractivity contribution in [3.8, 4) is 0 Å². The number of halogens is 1. The molecule has 0 radical (unpaired) electrons. The molecule has 68 valence electrons. The van der Waals surface area contributed by atoms with Gasteiger partial charge < -0.3 is 10.1 Å². The van der Waals surface area contributed by atoms with Crippen LogP contribution in [0.25, 0.3) is 10.9 Å². The zero-order valence-electron chi connectivity index (χ0n) is 6.70. The minimum absolute atomic E-state index is 0.188. The zero-order valence-corrected chi connectivity index (χ0v) is 6.70. The summed E-state index contributed by atoms with van der Waals surface area (Å²) in [4.78, 5) is 11.3. The summed E-state index contributed by atoms with van der Waals surface area (Å²) in [5.41, 5.74) is 0.974. The third-order valence-corrected chi connectivity index (χ3v) is 1.52. The Kier molecular flexibility index (Phi) is 3.03. The van der Waals surface area contributed by atoms with E-state index >= 15 is 0 Å². The second-order valence-corrected chi connectivity index (χ2v) is 2.31. The molecule has 1 heterocycles. The van der Waals surface area contributed by atoms with Crippen LogP contribution in [0.3, 0.4) is 0 Å². The van der Waals surface area contributed by atoms with E-state index in [1.807, 2.05) is 6.07 Å². The van der Waals surface area contributed by atoms with E-state index in [-0.39, 0.29) is 12.3 Å². The van der Waals surface area contributed by atoms with Crippen molar-refractivity contribution in [2.75, 3.05) is 0 Å². The van der Waals surface area contributed by atoms with Crippen molar-refractivity contribution in [1.82, 2.24) is 4.98 Å². The predicted molar refractivity (Wildman–Crippen MR) is 46.9 cm³/mol. The van der Waals surface area contributed by atoms with Gasteiger partial charge in [0, 0.05) is 17.1 Å². The molecule has 0 aliphatic carbocycles. The number of H-pyrrole nitrogens is 1. The number of carboxylic acid groups (broad SMARTS) is 1. The van der Waals surface area contributed by atoms with E-state index in [4.69, 9.17) is 9.90 Å². The lowest BCUT2D eigenvalue weighted by atomic mass is 10.2. The molecule has 1 aromatic carbocycles. The van der Waals surface area contributed by atoms with Crippen molar-refractivity contribution in [3.63, 3.8) is 0 Å². The molecule has 3 nitrogen and oxygen atoms in total. The van der Waals surface area contributed by atoms with Crippen LogP contribution in [-0.2, 0) is 4.79 Å². The highest BCUT2D eigenvalue weighted by Crippen LogP contribution is 2.12. The van der Waals surface area contributed by atoms with E-state index in [9.17, 15) is 4.39 Å². The summed E-state index contributed by atoms with van der Waals surface area (Å²) in [5.74, 6) is -0.188. The molecule has 2 rings (SSSR count). The topological polar surface area (TPSA) is 53.1 Å². The number of benzene rings is 1. The first-order chi connectivity index (χ1) is 6.27. The molecule has 0 fully saturated rings. The van der Waals surface area contributed by atoms with Crippen LogP contribution in [0.2, 0.25) is 0 Å². The Hall–Kier alpha value is -1.84. The molecule has 2 N–H and O–H groups in total. The van der Waals surface area contributed by atoms with Gasteiger partial charge in [-0.3, -0.25) is 4.79 Å². The monoisotopic (exact) mass is 181 g/mol. The molecule has 0 aliphatic heterocycles. The maximum absolute atomic E-state index is 12.5. The van der Waals surface area contributed by atoms with Crippen molar-refractivity contribution in [3.05, 3.63) is 36.3 Å². The summed E-state index contributed by atoms with van der Waals surface area (Å²) < 4.78 is 12.5. The fourth-order valence-corrected chi connectivity index (χ4v) is 1.02. The molecule has 0 atom stereocenters. The molecule has 0 saturated carbocycles. The van der Waals surface area contributed by atoms with Gasteiger partial charge in [0.05, 0.1) is 0 Å². The minimum atomic E-state index is -0.250. The molecular weight excluding hydrogens is 173 g/mol. The Morgan fingerprint density at radius 3 is 2.77 bits per heavy atom. The van der Waals surface area contributed by atoms with E-state index in [1.165, 1.54) is 12.1 Å². The standard InChI is InChI=1S/C8H6FN.CH2O2/c9-7-1-2-8-6(5-7)3-4-10-8;2-1-3/h1-5,10H;1H,(H,2,3). The Morgan fingerprint density at radius 1 is 1.38 bits per heavy atom. The van der Waals surface area contributed by atoms with E-state index in [1.54, 1.807) is 12.3 Å². The van der Waals surface area contributed by atoms with Crippen LogP contribution >= 0.6 is 0 Å². The summed E-state index contributed by atoms with van der Waals surface area (Å²) in [6.45, 7) is -0.250. The third kappa shape index (κ3) is 2.30. The van der Waals surface area contributed by atoms with Crippen LogP contribution in [-0.4, -0.2) is 16.6 Å². The smallest absolute Gasteiger partial charge is 0.290 e. The van der Waals surface area contributed by atoms with Gasteiger partial charge in [-0.25, -0.2) is 4.39 Å². The number of nitrogens with one attached hydrogen (secondary N) is 1. The molecule has 0 saturated heterocycles. The second kappa shape index (κ2) is 4.25. The highest BCUT2D eigenvalue weighted by molar-refractivity contribution is 5.78. The van der Waals surface area contributed by atoms with Gasteiger partial charge >= 0.3 is 0 Å². The first-order valence-corrected chi connectivity index (χ1v) is 3.58. The van der Waals surface area contributed by atoms with Gasteiger partial charge in [-0.1, -0.05) is 0 Å². The third-order valence-electron chi connectivity index (χ3n) is 1.52. The molecule has 0 spiro atoms. The lowest BCUT2D eigenvalue weighted by Gasteiger charge is -1.87. The second-order valence-electron chi connectivity index (χ2n) is 2.31. The van der Waals surface area contributed by atoms with E-state index in [0.29, 0.717) is 0 Å². The Morgan fingerprint density at radius 2 is 2.08 bits per heavy atom. The maximum atomic E-state index is 12.5. The van der Waals surface area contributed by atoms with Gasteiger partial charge in [-0.05, 0) is 24.3 Å². The molecule has 0 unspecified atom stereocenters. The number of hydrogen-bond donors (Lipinski definition) is 2. The van der Waals surface area contributed by atoms with E-state index < -0.39 is 0 Å². The molecule has 0 bridgehead atoms. The van der Waals surface area contributed by atoms with Gasteiger partial charge in [-0.2, -0.15) is 0 Å². The molecular formula is C9H8FNO2. The highest BCUT2D eigenvalue weighted by Gasteiger charge is 1.93. The van der Waals surface area contributed by atoms with Gasteiger partial charge in [0.25, 0.3) is 6.47 Å². The van der Waals surface area contributed by atoms with Gasteiger partial charge in [0.2, 0.25) is 0 Å². The minimum Gasteiger partial charge on any atom is -0.483 e. The first kappa shape index (κ1) is 9.25. The van der Waals surface area contributed by atoms with Crippen LogP contribution in [0.1, 0.15) is 0 Å². The van der Waals surface area contributed by atoms with E-state index in [0.717, 1.165) is 10.9 Å². The molecule has 2 aromatic rings. The molecule has 0 amide bonds. The van der Waals surface area contributed by atoms with Crippen LogP contribution in [0.4, 0.5) is 4.39 Å².